The molecule has 5 rings (SSSR count). The van der Waals surface area contributed by atoms with Gasteiger partial charge in [-0.1, -0.05) is 6.08 Å². The second-order valence-corrected chi connectivity index (χ2v) is 13.2. The number of aromatic nitrogens is 2. The Hall–Kier alpha value is -4.24. The van der Waals surface area contributed by atoms with Gasteiger partial charge in [-0.15, -0.1) is 0 Å². The number of pyridine rings is 1. The van der Waals surface area contributed by atoms with Crippen LogP contribution in [0.3, 0.4) is 0 Å². The summed E-state index contributed by atoms with van der Waals surface area (Å²) in [5, 5.41) is 0. The lowest BCUT2D eigenvalue weighted by Crippen LogP contribution is -2.49. The van der Waals surface area contributed by atoms with Gasteiger partial charge in [-0.05, 0) is 73.7 Å². The Labute approximate surface area is 264 Å². The van der Waals surface area contributed by atoms with Crippen LogP contribution in [0.4, 0.5) is 13.2 Å². The van der Waals surface area contributed by atoms with Gasteiger partial charge < -0.3 is 18.8 Å². The van der Waals surface area contributed by atoms with Crippen molar-refractivity contribution in [2.24, 2.45) is 0 Å². The Morgan fingerprint density at radius 2 is 1.76 bits per heavy atom. The van der Waals surface area contributed by atoms with Crippen LogP contribution in [0, 0.1) is 13.8 Å². The van der Waals surface area contributed by atoms with E-state index in [0.29, 0.717) is 35.3 Å². The van der Waals surface area contributed by atoms with Crippen LogP contribution < -0.4 is 4.74 Å². The lowest BCUT2D eigenvalue weighted by molar-refractivity contribution is -0.212. The number of esters is 1. The van der Waals surface area contributed by atoms with Crippen LogP contribution >= 0.6 is 0 Å². The zero-order chi connectivity index (χ0) is 33.3. The molecular weight excluding hydrogens is 629 g/mol. The van der Waals surface area contributed by atoms with Crippen LogP contribution in [0.5, 0.6) is 5.75 Å². The first-order valence-electron chi connectivity index (χ1n) is 14.5. The van der Waals surface area contributed by atoms with Gasteiger partial charge in [-0.2, -0.15) is 17.5 Å². The van der Waals surface area contributed by atoms with Crippen molar-refractivity contribution in [1.82, 2.24) is 19.2 Å². The molecule has 246 valence electrons. The Balaban J connectivity index is 1.30. The minimum atomic E-state index is -5.19. The number of aryl methyl sites for hydroxylation is 2. The number of hydrogen-bond acceptors (Lipinski definition) is 9. The second kappa shape index (κ2) is 12.9. The molecule has 1 amide bonds. The Morgan fingerprint density at radius 1 is 1.13 bits per heavy atom. The number of hydrogen-bond donors (Lipinski definition) is 0. The molecule has 0 spiro atoms. The van der Waals surface area contributed by atoms with Crippen LogP contribution in [0.15, 0.2) is 58.3 Å². The lowest BCUT2D eigenvalue weighted by atomic mass is 9.89. The van der Waals surface area contributed by atoms with Gasteiger partial charge in [0.25, 0.3) is 5.91 Å². The number of carbonyl (C=O) groups is 2. The van der Waals surface area contributed by atoms with Crippen molar-refractivity contribution in [3.8, 4) is 5.75 Å². The number of nitrogens with zero attached hydrogens (tertiary/aromatic N) is 4. The molecule has 11 nitrogen and oxygen atoms in total. The fraction of sp³-hybridized carbons (Fsp3) is 0.419. The van der Waals surface area contributed by atoms with Gasteiger partial charge in [-0.25, -0.2) is 18.2 Å². The molecule has 0 atom stereocenters. The van der Waals surface area contributed by atoms with Crippen molar-refractivity contribution < 1.29 is 45.1 Å². The first kappa shape index (κ1) is 33.1. The summed E-state index contributed by atoms with van der Waals surface area (Å²) in [6.45, 7) is 3.13. The largest absolute Gasteiger partial charge is 0.497 e. The SMILES string of the molecule is COc1cc(C)c(S(=O)(=O)N(Cc2nc(C(=O)N3CCC(C=Cc4ccncc4)(OC(=O)C(F)(F)F)CC3)co2)C2CC2)c(C)c1. The Kier molecular flexibility index (Phi) is 9.27. The van der Waals surface area contributed by atoms with E-state index in [1.54, 1.807) is 44.2 Å². The molecular formula is C31H33F3N4O7S. The van der Waals surface area contributed by atoms with E-state index in [2.05, 4.69) is 9.97 Å². The van der Waals surface area contributed by atoms with Gasteiger partial charge in [-0.3, -0.25) is 9.78 Å². The number of amides is 1. The van der Waals surface area contributed by atoms with E-state index in [4.69, 9.17) is 13.9 Å². The van der Waals surface area contributed by atoms with Crippen molar-refractivity contribution in [2.45, 2.75) is 68.8 Å². The van der Waals surface area contributed by atoms with Crippen LogP contribution in [0.1, 0.15) is 58.8 Å². The number of carbonyl (C=O) groups excluding carboxylic acids is 2. The Bertz CT molecular complexity index is 1710. The first-order chi connectivity index (χ1) is 21.7. The molecule has 1 saturated heterocycles. The van der Waals surface area contributed by atoms with Crippen molar-refractivity contribution in [2.75, 3.05) is 20.2 Å². The maximum atomic E-state index is 13.8. The molecule has 46 heavy (non-hydrogen) atoms. The van der Waals surface area contributed by atoms with Gasteiger partial charge in [0.2, 0.25) is 15.9 Å². The zero-order valence-electron chi connectivity index (χ0n) is 25.4. The third-order valence-electron chi connectivity index (χ3n) is 7.96. The lowest BCUT2D eigenvalue weighted by Gasteiger charge is -2.39. The summed E-state index contributed by atoms with van der Waals surface area (Å²) in [5.74, 6) is -2.30. The number of ether oxygens (including phenoxy) is 2. The summed E-state index contributed by atoms with van der Waals surface area (Å²) in [6.07, 6.45) is 3.07. The fourth-order valence-electron chi connectivity index (χ4n) is 5.46. The predicted octanol–water partition coefficient (Wildman–Crippen LogP) is 4.84. The van der Waals surface area contributed by atoms with E-state index in [-0.39, 0.29) is 55.0 Å². The van der Waals surface area contributed by atoms with Gasteiger partial charge in [0.1, 0.15) is 17.6 Å². The van der Waals surface area contributed by atoms with E-state index in [9.17, 15) is 31.2 Å². The quantitative estimate of drug-likeness (QED) is 0.280. The van der Waals surface area contributed by atoms with Gasteiger partial charge in [0.05, 0.1) is 18.6 Å². The normalized spacial score (nSPS) is 17.0. The van der Waals surface area contributed by atoms with Crippen molar-refractivity contribution >= 4 is 28.0 Å². The summed E-state index contributed by atoms with van der Waals surface area (Å²) in [6, 6.07) is 6.35. The minimum Gasteiger partial charge on any atom is -0.497 e. The maximum absolute atomic E-state index is 13.8. The summed E-state index contributed by atoms with van der Waals surface area (Å²) in [4.78, 5) is 34.9. The molecule has 2 aromatic heterocycles. The molecule has 2 fully saturated rings. The standard InChI is InChI=1S/C31H33F3N4O7S/c1-20-16-24(43-3)17-21(2)27(20)46(41,42)38(23-4-5-23)18-26-36-25(19-44-26)28(39)37-14-10-30(11-15-37,45-29(40)31(32,33)34)9-6-22-7-12-35-13-8-22/h6-9,12-13,16-17,19,23H,4-5,10-11,14-15,18H2,1-3H3. The highest BCUT2D eigenvalue weighted by molar-refractivity contribution is 7.89. The number of piperidine rings is 1. The molecule has 2 aliphatic rings. The molecule has 1 aliphatic heterocycles. The summed E-state index contributed by atoms with van der Waals surface area (Å²) in [7, 11) is -2.46. The Morgan fingerprint density at radius 3 is 2.33 bits per heavy atom. The van der Waals surface area contributed by atoms with Gasteiger partial charge in [0.15, 0.2) is 5.69 Å². The molecule has 3 heterocycles. The van der Waals surface area contributed by atoms with E-state index in [1.807, 2.05) is 0 Å². The number of halogens is 3. The summed E-state index contributed by atoms with van der Waals surface area (Å²) in [5.41, 5.74) is 0.0306. The highest BCUT2D eigenvalue weighted by Gasteiger charge is 2.47. The molecule has 0 bridgehead atoms. The smallest absolute Gasteiger partial charge is 0.490 e. The summed E-state index contributed by atoms with van der Waals surface area (Å²) >= 11 is 0. The average molecular weight is 663 g/mol. The van der Waals surface area contributed by atoms with Crippen LogP contribution in [0.2, 0.25) is 0 Å². The molecule has 0 radical (unpaired) electrons. The third kappa shape index (κ3) is 7.25. The van der Waals surface area contributed by atoms with E-state index < -0.39 is 33.7 Å². The van der Waals surface area contributed by atoms with Crippen molar-refractivity contribution in [1.29, 1.82) is 0 Å². The van der Waals surface area contributed by atoms with E-state index >= 15 is 0 Å². The third-order valence-corrected chi connectivity index (χ3v) is 10.2. The monoisotopic (exact) mass is 662 g/mol. The molecule has 0 unspecified atom stereocenters. The topological polar surface area (TPSA) is 132 Å². The van der Waals surface area contributed by atoms with E-state index in [1.165, 1.54) is 34.8 Å². The number of likely N-dealkylation sites (tertiary alicyclic amines) is 1. The number of methoxy groups -OCH3 is 1. The van der Waals surface area contributed by atoms with E-state index in [0.717, 1.165) is 6.26 Å². The predicted molar refractivity (Wildman–Crippen MR) is 158 cm³/mol. The number of sulfonamides is 1. The second-order valence-electron chi connectivity index (χ2n) is 11.4. The highest BCUT2D eigenvalue weighted by Crippen LogP contribution is 2.37. The number of alkyl halides is 3. The van der Waals surface area contributed by atoms with Crippen LogP contribution in [0.25, 0.3) is 6.08 Å². The number of oxazole rings is 1. The molecule has 3 aromatic rings. The first-order valence-corrected chi connectivity index (χ1v) is 16.0. The van der Waals surface area contributed by atoms with Crippen molar-refractivity contribution in [3.63, 3.8) is 0 Å². The van der Waals surface area contributed by atoms with Gasteiger partial charge in [0, 0.05) is 44.4 Å². The molecule has 15 heteroatoms. The fourth-order valence-corrected chi connectivity index (χ4v) is 7.51. The van der Waals surface area contributed by atoms with Crippen LogP contribution in [-0.2, 0) is 26.1 Å². The number of benzene rings is 1. The summed E-state index contributed by atoms with van der Waals surface area (Å²) < 4.78 is 84.1. The molecule has 1 saturated carbocycles. The molecule has 0 N–H and O–H groups in total. The zero-order valence-corrected chi connectivity index (χ0v) is 26.2. The maximum Gasteiger partial charge on any atom is 0.490 e. The average Bonchev–Trinajstić information content (AvgIpc) is 3.74. The van der Waals surface area contributed by atoms with Crippen molar-refractivity contribution in [3.05, 3.63) is 77.3 Å². The highest BCUT2D eigenvalue weighted by atomic mass is 32.2. The minimum absolute atomic E-state index is 0.0217. The molecule has 1 aromatic carbocycles. The van der Waals surface area contributed by atoms with Gasteiger partial charge >= 0.3 is 12.1 Å². The van der Waals surface area contributed by atoms with Crippen LogP contribution in [-0.4, -0.2) is 77.5 Å². The molecule has 1 aliphatic carbocycles. The number of rotatable bonds is 10.